The monoisotopic (exact) mass is 347 g/mol. The summed E-state index contributed by atoms with van der Waals surface area (Å²) in [6.07, 6.45) is -3.89. The highest BCUT2D eigenvalue weighted by molar-refractivity contribution is 5.90. The van der Waals surface area contributed by atoms with Crippen molar-refractivity contribution in [3.63, 3.8) is 0 Å². The Kier molecular flexibility index (Phi) is 4.64. The number of nitrogens with two attached hydrogens (primary N) is 1. The molecule has 0 aliphatic carbocycles. The van der Waals surface area contributed by atoms with Crippen LogP contribution in [-0.4, -0.2) is 55.7 Å². The molecule has 0 saturated carbocycles. The fraction of sp³-hybridized carbons (Fsp3) is 0.312. The maximum Gasteiger partial charge on any atom is 0.284 e. The third kappa shape index (κ3) is 3.05. The van der Waals surface area contributed by atoms with Crippen LogP contribution < -0.4 is 11.3 Å². The summed E-state index contributed by atoms with van der Waals surface area (Å²) in [5.74, 6) is -1.02. The first kappa shape index (κ1) is 17.2. The first-order chi connectivity index (χ1) is 11.9. The topological polar surface area (TPSA) is 148 Å². The lowest BCUT2D eigenvalue weighted by Crippen LogP contribution is -2.38. The molecule has 2 aromatic rings. The molecule has 1 aliphatic heterocycles. The molecule has 9 nitrogen and oxygen atoms in total. The van der Waals surface area contributed by atoms with Gasteiger partial charge in [0.1, 0.15) is 18.3 Å². The minimum atomic E-state index is -1.47. The lowest BCUT2D eigenvalue weighted by atomic mass is 10.1. The van der Waals surface area contributed by atoms with Crippen LogP contribution in [0.4, 0.5) is 0 Å². The number of hydrogen-bond acceptors (Lipinski definition) is 7. The average Bonchev–Trinajstić information content (AvgIpc) is 2.90. The van der Waals surface area contributed by atoms with Crippen LogP contribution in [0.3, 0.4) is 0 Å². The van der Waals surface area contributed by atoms with Gasteiger partial charge in [-0.3, -0.25) is 14.2 Å². The minimum absolute atomic E-state index is 0.270. The molecule has 0 spiro atoms. The van der Waals surface area contributed by atoms with Crippen molar-refractivity contribution in [2.75, 3.05) is 6.61 Å². The molecule has 1 aromatic carbocycles. The van der Waals surface area contributed by atoms with E-state index in [9.17, 15) is 24.9 Å². The van der Waals surface area contributed by atoms with Gasteiger partial charge in [0.25, 0.3) is 11.5 Å². The molecule has 1 amide bonds. The highest BCUT2D eigenvalue weighted by Gasteiger charge is 2.44. The summed E-state index contributed by atoms with van der Waals surface area (Å²) in [6, 6.07) is 8.74. The molecule has 1 aromatic heterocycles. The Morgan fingerprint density at radius 3 is 2.48 bits per heavy atom. The summed E-state index contributed by atoms with van der Waals surface area (Å²) in [7, 11) is 0. The molecule has 1 saturated heterocycles. The van der Waals surface area contributed by atoms with Crippen molar-refractivity contribution in [2.45, 2.75) is 24.5 Å². The van der Waals surface area contributed by atoms with Crippen molar-refractivity contribution in [3.8, 4) is 11.3 Å². The van der Waals surface area contributed by atoms with E-state index >= 15 is 0 Å². The minimum Gasteiger partial charge on any atom is -0.394 e. The van der Waals surface area contributed by atoms with E-state index in [1.165, 1.54) is 6.20 Å². The predicted octanol–water partition coefficient (Wildman–Crippen LogP) is -1.38. The van der Waals surface area contributed by atoms with Crippen LogP contribution in [0.2, 0.25) is 0 Å². The summed E-state index contributed by atoms with van der Waals surface area (Å²) in [4.78, 5) is 28.1. The van der Waals surface area contributed by atoms with Gasteiger partial charge in [-0.1, -0.05) is 30.3 Å². The number of aromatic nitrogens is 2. The number of ether oxygens (including phenoxy) is 1. The number of nitrogens with zero attached hydrogens (tertiary/aromatic N) is 2. The highest BCUT2D eigenvalue weighted by atomic mass is 16.6. The van der Waals surface area contributed by atoms with Crippen molar-refractivity contribution < 1.29 is 24.9 Å². The SMILES string of the molecule is NC(=O)c1nc(-c2ccccc2)cn([C@@H]2O[C@H](CO)[C@@H](O)[C@H]2O)c1=O. The fourth-order valence-electron chi connectivity index (χ4n) is 2.72. The molecule has 0 bridgehead atoms. The second-order valence-electron chi connectivity index (χ2n) is 5.65. The van der Waals surface area contributed by atoms with E-state index in [1.54, 1.807) is 30.3 Å². The fourth-order valence-corrected chi connectivity index (χ4v) is 2.72. The lowest BCUT2D eigenvalue weighted by Gasteiger charge is -2.19. The van der Waals surface area contributed by atoms with Crippen LogP contribution >= 0.6 is 0 Å². The quantitative estimate of drug-likeness (QED) is 0.533. The Labute approximate surface area is 141 Å². The molecule has 0 radical (unpaired) electrons. The standard InChI is InChI=1S/C16H17N3O6/c17-14(23)11-15(24)19(16-13(22)12(21)10(7-20)25-16)6-9(18-11)8-4-2-1-3-5-8/h1-6,10,12-13,16,20-22H,7H2,(H2,17,23)/t10-,12-,13-,16-/m1/s1. The third-order valence-electron chi connectivity index (χ3n) is 4.02. The molecule has 25 heavy (non-hydrogen) atoms. The molecule has 5 N–H and O–H groups in total. The molecular formula is C16H17N3O6. The summed E-state index contributed by atoms with van der Waals surface area (Å²) < 4.78 is 6.32. The van der Waals surface area contributed by atoms with Crippen LogP contribution in [0.1, 0.15) is 16.7 Å². The molecule has 3 rings (SSSR count). The molecule has 1 aliphatic rings. The van der Waals surface area contributed by atoms with Crippen LogP contribution in [-0.2, 0) is 4.74 Å². The van der Waals surface area contributed by atoms with E-state index in [0.717, 1.165) is 4.57 Å². The van der Waals surface area contributed by atoms with Gasteiger partial charge in [0.05, 0.1) is 12.3 Å². The molecule has 9 heteroatoms. The van der Waals surface area contributed by atoms with Crippen LogP contribution in [0.25, 0.3) is 11.3 Å². The van der Waals surface area contributed by atoms with E-state index in [2.05, 4.69) is 4.98 Å². The maximum absolute atomic E-state index is 12.5. The Balaban J connectivity index is 2.15. The number of primary amides is 1. The van der Waals surface area contributed by atoms with Crippen molar-refractivity contribution in [1.82, 2.24) is 9.55 Å². The second-order valence-corrected chi connectivity index (χ2v) is 5.65. The van der Waals surface area contributed by atoms with Crippen LogP contribution in [0.5, 0.6) is 0 Å². The highest BCUT2D eigenvalue weighted by Crippen LogP contribution is 2.29. The van der Waals surface area contributed by atoms with Gasteiger partial charge >= 0.3 is 0 Å². The van der Waals surface area contributed by atoms with Crippen molar-refractivity contribution in [2.24, 2.45) is 5.73 Å². The maximum atomic E-state index is 12.5. The molecule has 2 heterocycles. The normalized spacial score (nSPS) is 25.9. The van der Waals surface area contributed by atoms with E-state index in [-0.39, 0.29) is 5.69 Å². The first-order valence-corrected chi connectivity index (χ1v) is 7.55. The second kappa shape index (κ2) is 6.73. The molecule has 132 valence electrons. The largest absolute Gasteiger partial charge is 0.394 e. The van der Waals surface area contributed by atoms with Crippen molar-refractivity contribution in [1.29, 1.82) is 0 Å². The number of aliphatic hydroxyl groups excluding tert-OH is 3. The Morgan fingerprint density at radius 1 is 1.24 bits per heavy atom. The number of carbonyl (C=O) groups excluding carboxylic acids is 1. The van der Waals surface area contributed by atoms with Gasteiger partial charge in [-0.05, 0) is 0 Å². The molecule has 0 unspecified atom stereocenters. The average molecular weight is 347 g/mol. The Hall–Kier alpha value is -2.59. The van der Waals surface area contributed by atoms with Gasteiger partial charge in [-0.2, -0.15) is 0 Å². The number of carbonyl (C=O) groups is 1. The van der Waals surface area contributed by atoms with Gasteiger partial charge in [-0.25, -0.2) is 4.98 Å². The summed E-state index contributed by atoms with van der Waals surface area (Å²) >= 11 is 0. The Bertz CT molecular complexity index is 838. The van der Waals surface area contributed by atoms with Crippen LogP contribution in [0, 0.1) is 0 Å². The Morgan fingerprint density at radius 2 is 1.92 bits per heavy atom. The van der Waals surface area contributed by atoms with Gasteiger partial charge in [-0.15, -0.1) is 0 Å². The summed E-state index contributed by atoms with van der Waals surface area (Å²) in [6.45, 7) is -0.539. The third-order valence-corrected chi connectivity index (χ3v) is 4.02. The number of amides is 1. The van der Waals surface area contributed by atoms with Gasteiger partial charge in [0.15, 0.2) is 11.9 Å². The zero-order chi connectivity index (χ0) is 18.1. The molecule has 4 atom stereocenters. The zero-order valence-electron chi connectivity index (χ0n) is 13.0. The zero-order valence-corrected chi connectivity index (χ0v) is 13.0. The first-order valence-electron chi connectivity index (χ1n) is 7.55. The molecule has 1 fully saturated rings. The predicted molar refractivity (Wildman–Crippen MR) is 85.5 cm³/mol. The van der Waals surface area contributed by atoms with Crippen molar-refractivity contribution in [3.05, 3.63) is 52.6 Å². The van der Waals surface area contributed by atoms with E-state index < -0.39 is 48.3 Å². The number of benzene rings is 1. The molecular weight excluding hydrogens is 330 g/mol. The van der Waals surface area contributed by atoms with Crippen LogP contribution in [0.15, 0.2) is 41.3 Å². The number of rotatable bonds is 4. The van der Waals surface area contributed by atoms with Gasteiger partial charge in [0, 0.05) is 11.8 Å². The number of aliphatic hydroxyl groups is 3. The van der Waals surface area contributed by atoms with Gasteiger partial charge in [0.2, 0.25) is 0 Å². The van der Waals surface area contributed by atoms with E-state index in [0.29, 0.717) is 5.56 Å². The smallest absolute Gasteiger partial charge is 0.284 e. The van der Waals surface area contributed by atoms with Gasteiger partial charge < -0.3 is 25.8 Å². The van der Waals surface area contributed by atoms with E-state index in [1.807, 2.05) is 0 Å². The van der Waals surface area contributed by atoms with E-state index in [4.69, 9.17) is 10.5 Å². The summed E-state index contributed by atoms with van der Waals surface area (Å²) in [5, 5.41) is 29.2. The lowest BCUT2D eigenvalue weighted by molar-refractivity contribution is -0.0545. The number of hydrogen-bond donors (Lipinski definition) is 4. The summed E-state index contributed by atoms with van der Waals surface area (Å²) in [5.41, 5.74) is 4.75. The van der Waals surface area contributed by atoms with Crippen molar-refractivity contribution >= 4 is 5.91 Å².